The van der Waals surface area contributed by atoms with Crippen LogP contribution in [0.5, 0.6) is 0 Å². The first-order chi connectivity index (χ1) is 12.1. The molecule has 0 aromatic heterocycles. The predicted octanol–water partition coefficient (Wildman–Crippen LogP) is 0.827. The van der Waals surface area contributed by atoms with Gasteiger partial charge in [0.2, 0.25) is 5.91 Å². The number of benzene rings is 1. The Balaban J connectivity index is 0.00000243. The molecule has 0 atom stereocenters. The summed E-state index contributed by atoms with van der Waals surface area (Å²) in [6, 6.07) is 5.67. The number of hydrogen-bond acceptors (Lipinski definition) is 4. The lowest BCUT2D eigenvalue weighted by Gasteiger charge is -2.35. The number of amides is 2. The van der Waals surface area contributed by atoms with E-state index < -0.39 is 0 Å². The topological polar surface area (TPSA) is 55.9 Å². The summed E-state index contributed by atoms with van der Waals surface area (Å²) in [7, 11) is 0. The summed E-state index contributed by atoms with van der Waals surface area (Å²) in [5.74, 6) is -0.182. The van der Waals surface area contributed by atoms with Gasteiger partial charge in [0.15, 0.2) is 0 Å². The summed E-state index contributed by atoms with van der Waals surface area (Å²) < 4.78 is 13.0. The van der Waals surface area contributed by atoms with Crippen LogP contribution < -0.4 is 5.32 Å². The fraction of sp³-hybridized carbons (Fsp3) is 0.556. The van der Waals surface area contributed by atoms with Gasteiger partial charge in [-0.15, -0.1) is 12.4 Å². The number of carbonyl (C=O) groups excluding carboxylic acids is 2. The Labute approximate surface area is 159 Å². The molecule has 2 aliphatic heterocycles. The van der Waals surface area contributed by atoms with Crippen molar-refractivity contribution < 1.29 is 14.0 Å². The van der Waals surface area contributed by atoms with Gasteiger partial charge in [0.1, 0.15) is 5.82 Å². The fourth-order valence-electron chi connectivity index (χ4n) is 3.28. The Morgan fingerprint density at radius 3 is 2.15 bits per heavy atom. The molecule has 144 valence electrons. The molecule has 2 fully saturated rings. The summed E-state index contributed by atoms with van der Waals surface area (Å²) in [6.45, 7) is 6.87. The average molecular weight is 385 g/mol. The van der Waals surface area contributed by atoms with Gasteiger partial charge in [-0.3, -0.25) is 14.5 Å². The van der Waals surface area contributed by atoms with Crippen LogP contribution in [0.1, 0.15) is 16.8 Å². The Kier molecular flexibility index (Phi) is 7.81. The third-order valence-corrected chi connectivity index (χ3v) is 4.86. The molecule has 8 heteroatoms. The molecular formula is C18H26ClFN4O2. The van der Waals surface area contributed by atoms with Crippen molar-refractivity contribution >= 4 is 24.2 Å². The molecule has 2 amide bonds. The van der Waals surface area contributed by atoms with Crippen molar-refractivity contribution in [3.05, 3.63) is 35.6 Å². The van der Waals surface area contributed by atoms with Crippen LogP contribution >= 0.6 is 12.4 Å². The lowest BCUT2D eigenvalue weighted by atomic mass is 10.1. The van der Waals surface area contributed by atoms with E-state index in [1.54, 1.807) is 4.90 Å². The van der Waals surface area contributed by atoms with Gasteiger partial charge in [-0.25, -0.2) is 4.39 Å². The van der Waals surface area contributed by atoms with E-state index in [1.165, 1.54) is 24.3 Å². The maximum absolute atomic E-state index is 13.0. The number of halogens is 2. The van der Waals surface area contributed by atoms with Crippen LogP contribution in [0, 0.1) is 5.82 Å². The molecule has 0 unspecified atom stereocenters. The van der Waals surface area contributed by atoms with E-state index in [-0.39, 0.29) is 30.0 Å². The zero-order valence-corrected chi connectivity index (χ0v) is 15.6. The molecule has 2 aliphatic rings. The van der Waals surface area contributed by atoms with Gasteiger partial charge in [0, 0.05) is 70.9 Å². The molecule has 0 aliphatic carbocycles. The Morgan fingerprint density at radius 2 is 1.54 bits per heavy atom. The van der Waals surface area contributed by atoms with Gasteiger partial charge < -0.3 is 15.1 Å². The van der Waals surface area contributed by atoms with Crippen molar-refractivity contribution in [1.82, 2.24) is 20.0 Å². The Morgan fingerprint density at radius 1 is 0.923 bits per heavy atom. The van der Waals surface area contributed by atoms with Gasteiger partial charge in [-0.1, -0.05) is 0 Å². The number of piperazine rings is 2. The normalized spacial score (nSPS) is 18.3. The summed E-state index contributed by atoms with van der Waals surface area (Å²) >= 11 is 0. The zero-order chi connectivity index (χ0) is 17.6. The summed E-state index contributed by atoms with van der Waals surface area (Å²) in [4.78, 5) is 30.6. The van der Waals surface area contributed by atoms with Crippen LogP contribution in [0.3, 0.4) is 0 Å². The summed E-state index contributed by atoms with van der Waals surface area (Å²) in [5, 5.41) is 3.24. The number of hydrogen-bond donors (Lipinski definition) is 1. The van der Waals surface area contributed by atoms with Crippen molar-refractivity contribution in [3.8, 4) is 0 Å². The van der Waals surface area contributed by atoms with E-state index >= 15 is 0 Å². The van der Waals surface area contributed by atoms with Crippen molar-refractivity contribution in [2.45, 2.75) is 6.42 Å². The minimum Gasteiger partial charge on any atom is -0.340 e. The molecule has 26 heavy (non-hydrogen) atoms. The Hall–Kier alpha value is -1.70. The van der Waals surface area contributed by atoms with Crippen LogP contribution in [0.4, 0.5) is 4.39 Å². The van der Waals surface area contributed by atoms with Crippen LogP contribution in [0.15, 0.2) is 24.3 Å². The molecule has 0 radical (unpaired) electrons. The molecule has 0 spiro atoms. The van der Waals surface area contributed by atoms with Crippen LogP contribution in [0.25, 0.3) is 0 Å². The second-order valence-corrected chi connectivity index (χ2v) is 6.52. The average Bonchev–Trinajstić information content (AvgIpc) is 2.67. The molecule has 0 bridgehead atoms. The quantitative estimate of drug-likeness (QED) is 0.835. The van der Waals surface area contributed by atoms with E-state index in [0.29, 0.717) is 25.1 Å². The fourth-order valence-corrected chi connectivity index (χ4v) is 3.28. The zero-order valence-electron chi connectivity index (χ0n) is 14.8. The minimum atomic E-state index is -0.337. The van der Waals surface area contributed by atoms with Crippen molar-refractivity contribution in [3.63, 3.8) is 0 Å². The van der Waals surface area contributed by atoms with Crippen molar-refractivity contribution in [2.75, 3.05) is 58.9 Å². The van der Waals surface area contributed by atoms with E-state index in [0.717, 1.165) is 45.8 Å². The number of carbonyl (C=O) groups is 2. The number of rotatable bonds is 4. The Bertz CT molecular complexity index is 600. The molecule has 0 saturated carbocycles. The molecular weight excluding hydrogens is 359 g/mol. The smallest absolute Gasteiger partial charge is 0.253 e. The molecule has 2 heterocycles. The maximum atomic E-state index is 13.0. The number of nitrogens with zero attached hydrogens (tertiary/aromatic N) is 3. The first-order valence-corrected chi connectivity index (χ1v) is 8.89. The van der Waals surface area contributed by atoms with Crippen molar-refractivity contribution in [2.24, 2.45) is 0 Å². The van der Waals surface area contributed by atoms with Gasteiger partial charge in [-0.05, 0) is 24.3 Å². The standard InChI is InChI=1S/C18H25FN4O2.ClH/c19-16-3-1-15(2-4-16)18(25)23-13-11-21(12-14-23)8-5-17(24)22-9-6-20-7-10-22;/h1-4,20H,5-14H2;1H. The summed E-state index contributed by atoms with van der Waals surface area (Å²) in [6.07, 6.45) is 0.534. The van der Waals surface area contributed by atoms with E-state index in [1.807, 2.05) is 4.90 Å². The molecule has 2 saturated heterocycles. The van der Waals surface area contributed by atoms with Gasteiger partial charge in [0.25, 0.3) is 5.91 Å². The predicted molar refractivity (Wildman–Crippen MR) is 100 cm³/mol. The third-order valence-electron chi connectivity index (χ3n) is 4.86. The molecule has 6 nitrogen and oxygen atoms in total. The van der Waals surface area contributed by atoms with E-state index in [9.17, 15) is 14.0 Å². The molecule has 1 N–H and O–H groups in total. The highest BCUT2D eigenvalue weighted by Gasteiger charge is 2.23. The van der Waals surface area contributed by atoms with Crippen LogP contribution in [-0.2, 0) is 4.79 Å². The molecule has 1 aromatic rings. The first-order valence-electron chi connectivity index (χ1n) is 8.89. The minimum absolute atomic E-state index is 0. The largest absolute Gasteiger partial charge is 0.340 e. The third kappa shape index (κ3) is 5.40. The lowest BCUT2D eigenvalue weighted by molar-refractivity contribution is -0.132. The second-order valence-electron chi connectivity index (χ2n) is 6.52. The SMILES string of the molecule is Cl.O=C(CCN1CCN(C(=O)c2ccc(F)cc2)CC1)N1CCNCC1. The molecule has 3 rings (SSSR count). The number of nitrogens with one attached hydrogen (secondary N) is 1. The highest BCUT2D eigenvalue weighted by Crippen LogP contribution is 2.10. The maximum Gasteiger partial charge on any atom is 0.253 e. The van der Waals surface area contributed by atoms with E-state index in [2.05, 4.69) is 10.2 Å². The highest BCUT2D eigenvalue weighted by atomic mass is 35.5. The highest BCUT2D eigenvalue weighted by molar-refractivity contribution is 5.94. The van der Waals surface area contributed by atoms with E-state index in [4.69, 9.17) is 0 Å². The monoisotopic (exact) mass is 384 g/mol. The van der Waals surface area contributed by atoms with Crippen LogP contribution in [0.2, 0.25) is 0 Å². The summed E-state index contributed by atoms with van der Waals surface area (Å²) in [5.41, 5.74) is 0.517. The second kappa shape index (κ2) is 9.85. The molecule has 1 aromatic carbocycles. The first kappa shape index (κ1) is 20.6. The van der Waals surface area contributed by atoms with Gasteiger partial charge >= 0.3 is 0 Å². The van der Waals surface area contributed by atoms with Crippen LogP contribution in [-0.4, -0.2) is 85.4 Å². The van der Waals surface area contributed by atoms with Crippen molar-refractivity contribution in [1.29, 1.82) is 0 Å². The van der Waals surface area contributed by atoms with Gasteiger partial charge in [-0.2, -0.15) is 0 Å². The van der Waals surface area contributed by atoms with Gasteiger partial charge in [0.05, 0.1) is 0 Å². The lowest BCUT2D eigenvalue weighted by Crippen LogP contribution is -2.50.